The van der Waals surface area contributed by atoms with Crippen molar-refractivity contribution >= 4 is 6.09 Å². The van der Waals surface area contributed by atoms with Crippen LogP contribution in [0.2, 0.25) is 0 Å². The highest BCUT2D eigenvalue weighted by Crippen LogP contribution is 2.19. The van der Waals surface area contributed by atoms with Crippen LogP contribution in [0.4, 0.5) is 9.18 Å². The van der Waals surface area contributed by atoms with Gasteiger partial charge < -0.3 is 10.0 Å². The number of rotatable bonds is 1. The first-order chi connectivity index (χ1) is 9.63. The van der Waals surface area contributed by atoms with E-state index in [0.29, 0.717) is 35.7 Å². The van der Waals surface area contributed by atoms with Crippen LogP contribution in [0.25, 0.3) is 11.4 Å². The van der Waals surface area contributed by atoms with Crippen LogP contribution < -0.4 is 0 Å². The molecule has 0 atom stereocenters. The molecule has 2 aromatic rings. The van der Waals surface area contributed by atoms with Gasteiger partial charge in [-0.25, -0.2) is 14.2 Å². The first kappa shape index (κ1) is 12.5. The molecule has 0 spiro atoms. The monoisotopic (exact) mass is 274 g/mol. The lowest BCUT2D eigenvalue weighted by atomic mass is 10.1. The maximum Gasteiger partial charge on any atom is 0.407 e. The van der Waals surface area contributed by atoms with Crippen molar-refractivity contribution < 1.29 is 14.3 Å². The van der Waals surface area contributed by atoms with Crippen molar-refractivity contribution in [2.45, 2.75) is 13.0 Å². The molecule has 7 heteroatoms. The molecule has 1 N–H and O–H groups in total. The van der Waals surface area contributed by atoms with Crippen LogP contribution in [0.3, 0.4) is 0 Å². The molecule has 0 bridgehead atoms. The maximum atomic E-state index is 12.9. The second kappa shape index (κ2) is 4.84. The Balaban J connectivity index is 1.94. The predicted molar refractivity (Wildman–Crippen MR) is 67.4 cm³/mol. The van der Waals surface area contributed by atoms with Gasteiger partial charge in [-0.1, -0.05) is 0 Å². The molecular weight excluding hydrogens is 263 g/mol. The van der Waals surface area contributed by atoms with Gasteiger partial charge >= 0.3 is 6.09 Å². The van der Waals surface area contributed by atoms with Gasteiger partial charge in [0.25, 0.3) is 0 Å². The van der Waals surface area contributed by atoms with Gasteiger partial charge in [0, 0.05) is 18.5 Å². The summed E-state index contributed by atoms with van der Waals surface area (Å²) in [6.45, 7) is 0.600. The Labute approximate surface area is 113 Å². The number of hydrogen-bond donors (Lipinski definition) is 1. The van der Waals surface area contributed by atoms with Gasteiger partial charge in [0.15, 0.2) is 5.82 Å². The quantitative estimate of drug-likeness (QED) is 0.856. The number of carboxylic acid groups (broad SMARTS) is 1. The number of halogens is 1. The highest BCUT2D eigenvalue weighted by molar-refractivity contribution is 5.65. The average molecular weight is 274 g/mol. The van der Waals surface area contributed by atoms with E-state index in [1.165, 1.54) is 17.0 Å². The summed E-state index contributed by atoms with van der Waals surface area (Å²) >= 11 is 0. The molecule has 1 aliphatic heterocycles. The van der Waals surface area contributed by atoms with Gasteiger partial charge in [-0.05, 0) is 24.3 Å². The lowest BCUT2D eigenvalue weighted by Gasteiger charge is -2.24. The molecule has 0 radical (unpaired) electrons. The number of benzene rings is 1. The average Bonchev–Trinajstić information content (AvgIpc) is 2.47. The van der Waals surface area contributed by atoms with E-state index in [4.69, 9.17) is 5.11 Å². The van der Waals surface area contributed by atoms with Crippen LogP contribution in [0.1, 0.15) is 11.4 Å². The lowest BCUT2D eigenvalue weighted by molar-refractivity contribution is 0.138. The molecule has 1 aliphatic rings. The van der Waals surface area contributed by atoms with Crippen LogP contribution in [0.5, 0.6) is 0 Å². The van der Waals surface area contributed by atoms with Crippen molar-refractivity contribution in [2.75, 3.05) is 6.54 Å². The van der Waals surface area contributed by atoms with Crippen molar-refractivity contribution in [2.24, 2.45) is 0 Å². The fourth-order valence-corrected chi connectivity index (χ4v) is 2.09. The molecule has 0 aliphatic carbocycles. The molecule has 0 saturated carbocycles. The first-order valence-corrected chi connectivity index (χ1v) is 6.10. The second-order valence-electron chi connectivity index (χ2n) is 4.49. The molecule has 0 fully saturated rings. The van der Waals surface area contributed by atoms with Crippen molar-refractivity contribution in [1.82, 2.24) is 20.1 Å². The van der Waals surface area contributed by atoms with Crippen LogP contribution in [-0.4, -0.2) is 37.8 Å². The first-order valence-electron chi connectivity index (χ1n) is 6.10. The zero-order valence-electron chi connectivity index (χ0n) is 10.5. The fraction of sp³-hybridized carbons (Fsp3) is 0.231. The number of carbonyl (C=O) groups is 1. The Morgan fingerprint density at radius 1 is 1.20 bits per heavy atom. The van der Waals surface area contributed by atoms with Gasteiger partial charge in [0.1, 0.15) is 5.82 Å². The Morgan fingerprint density at radius 3 is 2.65 bits per heavy atom. The minimum absolute atomic E-state index is 0.203. The Morgan fingerprint density at radius 2 is 1.95 bits per heavy atom. The number of fused-ring (bicyclic) bond motifs is 1. The molecule has 1 amide bonds. The van der Waals surface area contributed by atoms with E-state index < -0.39 is 6.09 Å². The minimum Gasteiger partial charge on any atom is -0.465 e. The molecular formula is C13H11FN4O2. The van der Waals surface area contributed by atoms with E-state index in [0.717, 1.165) is 0 Å². The smallest absolute Gasteiger partial charge is 0.407 e. The van der Waals surface area contributed by atoms with Gasteiger partial charge in [0.05, 0.1) is 17.9 Å². The second-order valence-corrected chi connectivity index (χ2v) is 4.49. The van der Waals surface area contributed by atoms with Crippen molar-refractivity contribution in [3.63, 3.8) is 0 Å². The third-order valence-electron chi connectivity index (χ3n) is 3.17. The minimum atomic E-state index is -0.974. The molecule has 1 aromatic heterocycles. The third kappa shape index (κ3) is 2.29. The number of hydrogen-bond acceptors (Lipinski definition) is 4. The SMILES string of the molecule is O=C(O)N1CCc2nnc(-c3ccc(F)cc3)nc2C1. The van der Waals surface area contributed by atoms with E-state index in [9.17, 15) is 9.18 Å². The Bertz CT molecular complexity index is 660. The molecule has 2 heterocycles. The lowest BCUT2D eigenvalue weighted by Crippen LogP contribution is -2.36. The number of nitrogens with zero attached hydrogens (tertiary/aromatic N) is 4. The summed E-state index contributed by atoms with van der Waals surface area (Å²) in [7, 11) is 0. The molecule has 3 rings (SSSR count). The molecule has 6 nitrogen and oxygen atoms in total. The van der Waals surface area contributed by atoms with E-state index in [1.54, 1.807) is 12.1 Å². The summed E-state index contributed by atoms with van der Waals surface area (Å²) < 4.78 is 12.9. The fourth-order valence-electron chi connectivity index (χ4n) is 2.09. The third-order valence-corrected chi connectivity index (χ3v) is 3.17. The van der Waals surface area contributed by atoms with Gasteiger partial charge in [-0.2, -0.15) is 5.10 Å². The van der Waals surface area contributed by atoms with Crippen LogP contribution in [0, 0.1) is 5.82 Å². The van der Waals surface area contributed by atoms with E-state index >= 15 is 0 Å². The standard InChI is InChI=1S/C13H11FN4O2/c14-9-3-1-8(2-4-9)12-15-11-7-18(13(19)20)6-5-10(11)16-17-12/h1-4H,5-7H2,(H,19,20). The molecule has 1 aromatic carbocycles. The topological polar surface area (TPSA) is 79.2 Å². The van der Waals surface area contributed by atoms with Crippen LogP contribution in [-0.2, 0) is 13.0 Å². The maximum absolute atomic E-state index is 12.9. The van der Waals surface area contributed by atoms with Crippen LogP contribution >= 0.6 is 0 Å². The highest BCUT2D eigenvalue weighted by Gasteiger charge is 2.23. The summed E-state index contributed by atoms with van der Waals surface area (Å²) in [5.41, 5.74) is 1.97. The van der Waals surface area contributed by atoms with Crippen LogP contribution in [0.15, 0.2) is 24.3 Å². The molecule has 0 saturated heterocycles. The number of amides is 1. The normalized spacial score (nSPS) is 13.9. The summed E-state index contributed by atoms with van der Waals surface area (Å²) in [6.07, 6.45) is -0.469. The Hall–Kier alpha value is -2.57. The predicted octanol–water partition coefficient (Wildman–Crippen LogP) is 1.71. The summed E-state index contributed by atoms with van der Waals surface area (Å²) in [5, 5.41) is 17.1. The molecule has 0 unspecified atom stereocenters. The zero-order chi connectivity index (χ0) is 14.1. The Kier molecular flexibility index (Phi) is 3.02. The zero-order valence-corrected chi connectivity index (χ0v) is 10.5. The van der Waals surface area contributed by atoms with E-state index in [-0.39, 0.29) is 12.4 Å². The largest absolute Gasteiger partial charge is 0.465 e. The van der Waals surface area contributed by atoms with Crippen molar-refractivity contribution in [3.8, 4) is 11.4 Å². The highest BCUT2D eigenvalue weighted by atomic mass is 19.1. The summed E-state index contributed by atoms with van der Waals surface area (Å²) in [5.74, 6) is 0.0349. The molecule has 102 valence electrons. The van der Waals surface area contributed by atoms with Crippen molar-refractivity contribution in [1.29, 1.82) is 0 Å². The summed E-state index contributed by atoms with van der Waals surface area (Å²) in [4.78, 5) is 16.6. The van der Waals surface area contributed by atoms with Gasteiger partial charge in [-0.3, -0.25) is 0 Å². The van der Waals surface area contributed by atoms with E-state index in [1.807, 2.05) is 0 Å². The van der Waals surface area contributed by atoms with Crippen molar-refractivity contribution in [3.05, 3.63) is 41.5 Å². The van der Waals surface area contributed by atoms with Gasteiger partial charge in [-0.15, -0.1) is 5.10 Å². The molecule has 20 heavy (non-hydrogen) atoms. The van der Waals surface area contributed by atoms with E-state index in [2.05, 4.69) is 15.2 Å². The summed E-state index contributed by atoms with van der Waals surface area (Å²) in [6, 6.07) is 5.77. The number of aromatic nitrogens is 3. The van der Waals surface area contributed by atoms with Gasteiger partial charge in [0.2, 0.25) is 0 Å².